The van der Waals surface area contributed by atoms with Gasteiger partial charge in [0.05, 0.1) is 29.2 Å². The zero-order valence-corrected chi connectivity index (χ0v) is 11.9. The lowest BCUT2D eigenvalue weighted by Crippen LogP contribution is -2.30. The fourth-order valence-electron chi connectivity index (χ4n) is 2.04. The first-order valence-electron chi connectivity index (χ1n) is 6.26. The minimum absolute atomic E-state index is 0.242. The monoisotopic (exact) mass is 261 g/mol. The van der Waals surface area contributed by atoms with E-state index >= 15 is 0 Å². The number of hydrogen-bond donors (Lipinski definition) is 1. The summed E-state index contributed by atoms with van der Waals surface area (Å²) in [6, 6.07) is 11.2. The summed E-state index contributed by atoms with van der Waals surface area (Å²) >= 11 is 1.29. The average molecular weight is 261 g/mol. The fraction of sp³-hybridized carbons (Fsp3) is 0.429. The van der Waals surface area contributed by atoms with Crippen LogP contribution in [-0.2, 0) is 6.42 Å². The molecule has 0 saturated carbocycles. The summed E-state index contributed by atoms with van der Waals surface area (Å²) in [6.07, 6.45) is 0.950. The lowest BCUT2D eigenvalue weighted by Gasteiger charge is -2.20. The highest BCUT2D eigenvalue weighted by molar-refractivity contribution is 6.99. The van der Waals surface area contributed by atoms with Crippen molar-refractivity contribution in [1.82, 2.24) is 14.1 Å². The second-order valence-electron chi connectivity index (χ2n) is 4.80. The molecule has 4 heteroatoms. The minimum Gasteiger partial charge on any atom is -0.306 e. The molecule has 3 nitrogen and oxygen atoms in total. The van der Waals surface area contributed by atoms with E-state index in [1.165, 1.54) is 17.3 Å². The van der Waals surface area contributed by atoms with Crippen LogP contribution in [0.1, 0.15) is 36.8 Å². The molecule has 1 aromatic heterocycles. The van der Waals surface area contributed by atoms with Crippen molar-refractivity contribution < 1.29 is 0 Å². The Morgan fingerprint density at radius 2 is 1.89 bits per heavy atom. The van der Waals surface area contributed by atoms with Crippen LogP contribution in [0.4, 0.5) is 0 Å². The second-order valence-corrected chi connectivity index (χ2v) is 5.33. The lowest BCUT2D eigenvalue weighted by atomic mass is 10.0. The van der Waals surface area contributed by atoms with E-state index in [9.17, 15) is 0 Å². The lowest BCUT2D eigenvalue weighted by molar-refractivity contribution is 0.466. The summed E-state index contributed by atoms with van der Waals surface area (Å²) < 4.78 is 8.71. The third-order valence-corrected chi connectivity index (χ3v) is 3.47. The Morgan fingerprint density at radius 3 is 2.44 bits per heavy atom. The second kappa shape index (κ2) is 6.07. The maximum atomic E-state index is 4.43. The Hall–Kier alpha value is -1.26. The predicted molar refractivity (Wildman–Crippen MR) is 75.8 cm³/mol. The molecule has 1 N–H and O–H groups in total. The van der Waals surface area contributed by atoms with Gasteiger partial charge in [0.1, 0.15) is 0 Å². The molecule has 0 aliphatic heterocycles. The molecule has 0 saturated heterocycles. The van der Waals surface area contributed by atoms with Crippen molar-refractivity contribution in [3.8, 4) is 0 Å². The zero-order chi connectivity index (χ0) is 13.0. The van der Waals surface area contributed by atoms with E-state index in [1.54, 1.807) is 0 Å². The molecular formula is C14H19N3S. The van der Waals surface area contributed by atoms with Crippen LogP contribution in [0.2, 0.25) is 0 Å². The van der Waals surface area contributed by atoms with Gasteiger partial charge in [0.15, 0.2) is 0 Å². The number of rotatable bonds is 5. The van der Waals surface area contributed by atoms with Gasteiger partial charge in [-0.3, -0.25) is 0 Å². The third kappa shape index (κ3) is 3.37. The number of nitrogens with one attached hydrogen (secondary N) is 1. The van der Waals surface area contributed by atoms with Gasteiger partial charge < -0.3 is 5.32 Å². The first kappa shape index (κ1) is 13.2. The predicted octanol–water partition coefficient (Wildman–Crippen LogP) is 3.13. The summed E-state index contributed by atoms with van der Waals surface area (Å²) in [5.41, 5.74) is 3.44. The molecule has 0 radical (unpaired) electrons. The van der Waals surface area contributed by atoms with Crippen LogP contribution < -0.4 is 5.32 Å². The Morgan fingerprint density at radius 1 is 1.17 bits per heavy atom. The van der Waals surface area contributed by atoms with Crippen molar-refractivity contribution in [2.45, 2.75) is 39.3 Å². The van der Waals surface area contributed by atoms with E-state index in [0.29, 0.717) is 6.04 Å². The molecule has 0 spiro atoms. The maximum absolute atomic E-state index is 4.43. The first-order chi connectivity index (χ1) is 8.66. The molecule has 0 amide bonds. The molecule has 18 heavy (non-hydrogen) atoms. The van der Waals surface area contributed by atoms with Gasteiger partial charge in [-0.15, -0.1) is 0 Å². The topological polar surface area (TPSA) is 37.8 Å². The summed E-state index contributed by atoms with van der Waals surface area (Å²) in [7, 11) is 0. The molecule has 0 bridgehead atoms. The van der Waals surface area contributed by atoms with Crippen LogP contribution in [0.5, 0.6) is 0 Å². The number of aryl methyl sites for hydroxylation is 1. The normalized spacial score (nSPS) is 12.9. The Bertz CT molecular complexity index is 479. The molecule has 0 unspecified atom stereocenters. The molecule has 2 aromatic rings. The van der Waals surface area contributed by atoms with Crippen molar-refractivity contribution in [3.05, 3.63) is 47.3 Å². The van der Waals surface area contributed by atoms with Crippen LogP contribution in [0, 0.1) is 6.92 Å². The zero-order valence-electron chi connectivity index (χ0n) is 11.1. The SMILES string of the molecule is Cc1nsnc1[C@H](Cc1ccccc1)NC(C)C. The summed E-state index contributed by atoms with van der Waals surface area (Å²) in [5.74, 6) is 0. The van der Waals surface area contributed by atoms with Gasteiger partial charge in [0.2, 0.25) is 0 Å². The average Bonchev–Trinajstić information content (AvgIpc) is 2.75. The standard InChI is InChI=1S/C14H19N3S/c1-10(2)15-13(14-11(3)16-18-17-14)9-12-7-5-4-6-8-12/h4-8,10,13,15H,9H2,1-3H3/t13-/m0/s1. The van der Waals surface area contributed by atoms with Crippen LogP contribution in [0.15, 0.2) is 30.3 Å². The van der Waals surface area contributed by atoms with E-state index in [2.05, 4.69) is 52.2 Å². The first-order valence-corrected chi connectivity index (χ1v) is 6.99. The summed E-state index contributed by atoms with van der Waals surface area (Å²) in [4.78, 5) is 0. The third-order valence-electron chi connectivity index (χ3n) is 2.83. The highest BCUT2D eigenvalue weighted by Crippen LogP contribution is 2.20. The highest BCUT2D eigenvalue weighted by atomic mass is 32.1. The summed E-state index contributed by atoms with van der Waals surface area (Å²) in [5, 5.41) is 3.58. The van der Waals surface area contributed by atoms with Gasteiger partial charge in [-0.25, -0.2) is 0 Å². The van der Waals surface area contributed by atoms with Crippen LogP contribution in [0.25, 0.3) is 0 Å². The molecule has 1 aromatic carbocycles. The number of hydrogen-bond acceptors (Lipinski definition) is 4. The Labute approximate surface area is 113 Å². The smallest absolute Gasteiger partial charge is 0.0944 e. The number of nitrogens with zero attached hydrogens (tertiary/aromatic N) is 2. The van der Waals surface area contributed by atoms with Crippen LogP contribution in [0.3, 0.4) is 0 Å². The molecule has 1 atom stereocenters. The van der Waals surface area contributed by atoms with Crippen LogP contribution in [-0.4, -0.2) is 14.8 Å². The van der Waals surface area contributed by atoms with Gasteiger partial charge in [-0.05, 0) is 18.9 Å². The quantitative estimate of drug-likeness (QED) is 0.898. The molecule has 0 aliphatic carbocycles. The van der Waals surface area contributed by atoms with E-state index < -0.39 is 0 Å². The van der Waals surface area contributed by atoms with Gasteiger partial charge in [-0.2, -0.15) is 8.75 Å². The van der Waals surface area contributed by atoms with Gasteiger partial charge in [0.25, 0.3) is 0 Å². The largest absolute Gasteiger partial charge is 0.306 e. The van der Waals surface area contributed by atoms with Gasteiger partial charge in [0, 0.05) is 6.04 Å². The molecular weight excluding hydrogens is 242 g/mol. The van der Waals surface area contributed by atoms with Crippen molar-refractivity contribution in [1.29, 1.82) is 0 Å². The molecule has 1 heterocycles. The minimum atomic E-state index is 0.242. The number of benzene rings is 1. The van der Waals surface area contributed by atoms with Gasteiger partial charge >= 0.3 is 0 Å². The Kier molecular flexibility index (Phi) is 4.44. The highest BCUT2D eigenvalue weighted by Gasteiger charge is 2.18. The van der Waals surface area contributed by atoms with Crippen molar-refractivity contribution >= 4 is 11.7 Å². The van der Waals surface area contributed by atoms with Crippen LogP contribution >= 0.6 is 11.7 Å². The Balaban J connectivity index is 2.18. The van der Waals surface area contributed by atoms with E-state index in [0.717, 1.165) is 17.8 Å². The van der Waals surface area contributed by atoms with E-state index in [1.807, 2.05) is 13.0 Å². The van der Waals surface area contributed by atoms with E-state index in [-0.39, 0.29) is 6.04 Å². The molecule has 0 aliphatic rings. The van der Waals surface area contributed by atoms with E-state index in [4.69, 9.17) is 0 Å². The van der Waals surface area contributed by atoms with Crippen molar-refractivity contribution in [2.24, 2.45) is 0 Å². The van der Waals surface area contributed by atoms with Gasteiger partial charge in [-0.1, -0.05) is 44.2 Å². The van der Waals surface area contributed by atoms with Crippen molar-refractivity contribution in [3.63, 3.8) is 0 Å². The molecule has 0 fully saturated rings. The number of aromatic nitrogens is 2. The molecule has 2 rings (SSSR count). The summed E-state index contributed by atoms with van der Waals surface area (Å²) in [6.45, 7) is 6.35. The van der Waals surface area contributed by atoms with Crippen molar-refractivity contribution in [2.75, 3.05) is 0 Å². The maximum Gasteiger partial charge on any atom is 0.0944 e. The fourth-order valence-corrected chi connectivity index (χ4v) is 2.65. The molecule has 96 valence electrons.